The van der Waals surface area contributed by atoms with E-state index < -0.39 is 0 Å². The summed E-state index contributed by atoms with van der Waals surface area (Å²) in [5.74, 6) is 0.570. The van der Waals surface area contributed by atoms with E-state index in [-0.39, 0.29) is 0 Å². The molecule has 3 heteroatoms. The lowest BCUT2D eigenvalue weighted by molar-refractivity contribution is 0.803. The molecule has 2 aromatic carbocycles. The van der Waals surface area contributed by atoms with Crippen LogP contribution in [0.25, 0.3) is 0 Å². The van der Waals surface area contributed by atoms with E-state index in [1.54, 1.807) is 11.8 Å². The summed E-state index contributed by atoms with van der Waals surface area (Å²) in [5.41, 5.74) is 2.53. The predicted molar refractivity (Wildman–Crippen MR) is 88.9 cm³/mol. The van der Waals surface area contributed by atoms with Gasteiger partial charge in [-0.05, 0) is 48.4 Å². The first-order valence-electron chi connectivity index (χ1n) is 6.81. The van der Waals surface area contributed by atoms with E-state index in [2.05, 4.69) is 49.5 Å². The lowest BCUT2D eigenvalue weighted by atomic mass is 10.0. The normalized spacial score (nSPS) is 11.1. The minimum Gasteiger partial charge on any atom is -0.316 e. The van der Waals surface area contributed by atoms with Crippen molar-refractivity contribution in [2.24, 2.45) is 0 Å². The SMILES string of the molecule is CNCc1c(Cl)cccc1Sc1ccc(C(C)C)cc1. The van der Waals surface area contributed by atoms with Gasteiger partial charge in [0.25, 0.3) is 0 Å². The van der Waals surface area contributed by atoms with Crippen LogP contribution in [0, 0.1) is 0 Å². The first kappa shape index (κ1) is 15.4. The van der Waals surface area contributed by atoms with Gasteiger partial charge in [0.2, 0.25) is 0 Å². The lowest BCUT2D eigenvalue weighted by Crippen LogP contribution is -2.06. The molecule has 20 heavy (non-hydrogen) atoms. The van der Waals surface area contributed by atoms with E-state index in [9.17, 15) is 0 Å². The fraction of sp³-hybridized carbons (Fsp3) is 0.294. The molecule has 0 amide bonds. The molecule has 0 radical (unpaired) electrons. The zero-order chi connectivity index (χ0) is 14.5. The van der Waals surface area contributed by atoms with Crippen LogP contribution in [0.3, 0.4) is 0 Å². The Morgan fingerprint density at radius 2 is 1.80 bits per heavy atom. The summed E-state index contributed by atoms with van der Waals surface area (Å²) in [4.78, 5) is 2.46. The summed E-state index contributed by atoms with van der Waals surface area (Å²) in [6.45, 7) is 5.21. The molecule has 0 atom stereocenters. The second kappa shape index (κ2) is 7.16. The smallest absolute Gasteiger partial charge is 0.0462 e. The molecule has 1 N–H and O–H groups in total. The molecule has 0 saturated carbocycles. The summed E-state index contributed by atoms with van der Waals surface area (Å²) in [6.07, 6.45) is 0. The van der Waals surface area contributed by atoms with E-state index in [4.69, 9.17) is 11.6 Å². The van der Waals surface area contributed by atoms with Crippen molar-refractivity contribution in [3.8, 4) is 0 Å². The zero-order valence-electron chi connectivity index (χ0n) is 12.1. The maximum Gasteiger partial charge on any atom is 0.0462 e. The highest BCUT2D eigenvalue weighted by atomic mass is 35.5. The number of hydrogen-bond acceptors (Lipinski definition) is 2. The molecule has 2 rings (SSSR count). The highest BCUT2D eigenvalue weighted by Gasteiger charge is 2.08. The second-order valence-electron chi connectivity index (χ2n) is 5.07. The summed E-state index contributed by atoms with van der Waals surface area (Å²) in [7, 11) is 1.94. The molecule has 0 fully saturated rings. The minimum absolute atomic E-state index is 0.570. The quantitative estimate of drug-likeness (QED) is 0.801. The van der Waals surface area contributed by atoms with Crippen LogP contribution in [0.4, 0.5) is 0 Å². The molecule has 0 aromatic heterocycles. The highest BCUT2D eigenvalue weighted by molar-refractivity contribution is 7.99. The fourth-order valence-electron chi connectivity index (χ4n) is 2.03. The maximum atomic E-state index is 6.29. The molecular formula is C17H20ClNS. The molecule has 106 valence electrons. The summed E-state index contributed by atoms with van der Waals surface area (Å²) in [5, 5.41) is 4.00. The lowest BCUT2D eigenvalue weighted by Gasteiger charge is -2.11. The molecule has 0 bridgehead atoms. The van der Waals surface area contributed by atoms with Crippen LogP contribution in [0.5, 0.6) is 0 Å². The molecule has 0 aliphatic carbocycles. The fourth-order valence-corrected chi connectivity index (χ4v) is 3.31. The Morgan fingerprint density at radius 1 is 1.10 bits per heavy atom. The second-order valence-corrected chi connectivity index (χ2v) is 6.60. The van der Waals surface area contributed by atoms with Crippen molar-refractivity contribution in [3.05, 3.63) is 58.6 Å². The Kier molecular flexibility index (Phi) is 5.53. The highest BCUT2D eigenvalue weighted by Crippen LogP contribution is 2.34. The van der Waals surface area contributed by atoms with Crippen LogP contribution < -0.4 is 5.32 Å². The van der Waals surface area contributed by atoms with Gasteiger partial charge in [-0.2, -0.15) is 0 Å². The summed E-state index contributed by atoms with van der Waals surface area (Å²) >= 11 is 8.05. The first-order valence-corrected chi connectivity index (χ1v) is 8.01. The Balaban J connectivity index is 2.23. The van der Waals surface area contributed by atoms with Gasteiger partial charge in [0.1, 0.15) is 0 Å². The van der Waals surface area contributed by atoms with Crippen LogP contribution >= 0.6 is 23.4 Å². The number of hydrogen-bond donors (Lipinski definition) is 1. The van der Waals surface area contributed by atoms with E-state index in [1.807, 2.05) is 19.2 Å². The van der Waals surface area contributed by atoms with Crippen molar-refractivity contribution in [2.45, 2.75) is 36.1 Å². The molecule has 0 aliphatic heterocycles. The molecule has 0 unspecified atom stereocenters. The van der Waals surface area contributed by atoms with Gasteiger partial charge in [0.15, 0.2) is 0 Å². The molecule has 1 nitrogen and oxygen atoms in total. The van der Waals surface area contributed by atoms with E-state index in [0.717, 1.165) is 17.1 Å². The van der Waals surface area contributed by atoms with Crippen molar-refractivity contribution in [2.75, 3.05) is 7.05 Å². The Hall–Kier alpha value is -0.960. The van der Waals surface area contributed by atoms with Crippen LogP contribution in [-0.4, -0.2) is 7.05 Å². The largest absolute Gasteiger partial charge is 0.316 e. The van der Waals surface area contributed by atoms with Crippen molar-refractivity contribution in [1.29, 1.82) is 0 Å². The predicted octanol–water partition coefficient (Wildman–Crippen LogP) is 5.33. The summed E-state index contributed by atoms with van der Waals surface area (Å²) in [6, 6.07) is 14.9. The van der Waals surface area contributed by atoms with E-state index in [0.29, 0.717) is 5.92 Å². The molecule has 2 aromatic rings. The van der Waals surface area contributed by atoms with Crippen LogP contribution in [-0.2, 0) is 6.54 Å². The molecule has 0 spiro atoms. The van der Waals surface area contributed by atoms with E-state index in [1.165, 1.54) is 15.4 Å². The average Bonchev–Trinajstić information content (AvgIpc) is 2.43. The first-order chi connectivity index (χ1) is 9.61. The molecule has 0 heterocycles. The minimum atomic E-state index is 0.570. The average molecular weight is 306 g/mol. The van der Waals surface area contributed by atoms with Crippen molar-refractivity contribution in [3.63, 3.8) is 0 Å². The number of nitrogens with one attached hydrogen (secondary N) is 1. The molecule has 0 aliphatic rings. The summed E-state index contributed by atoms with van der Waals surface area (Å²) < 4.78 is 0. The van der Waals surface area contributed by atoms with Crippen LogP contribution in [0.1, 0.15) is 30.9 Å². The third-order valence-electron chi connectivity index (χ3n) is 3.20. The third-order valence-corrected chi connectivity index (χ3v) is 4.67. The third kappa shape index (κ3) is 3.78. The maximum absolute atomic E-state index is 6.29. The van der Waals surface area contributed by atoms with Crippen molar-refractivity contribution in [1.82, 2.24) is 5.32 Å². The van der Waals surface area contributed by atoms with Gasteiger partial charge in [-0.1, -0.05) is 55.4 Å². The number of benzene rings is 2. The monoisotopic (exact) mass is 305 g/mol. The van der Waals surface area contributed by atoms with Crippen LogP contribution in [0.15, 0.2) is 52.3 Å². The topological polar surface area (TPSA) is 12.0 Å². The molecular weight excluding hydrogens is 286 g/mol. The Labute approximate surface area is 130 Å². The van der Waals surface area contributed by atoms with Crippen molar-refractivity contribution < 1.29 is 0 Å². The van der Waals surface area contributed by atoms with Gasteiger partial charge < -0.3 is 5.32 Å². The Morgan fingerprint density at radius 3 is 2.40 bits per heavy atom. The van der Waals surface area contributed by atoms with E-state index >= 15 is 0 Å². The van der Waals surface area contributed by atoms with Gasteiger partial charge >= 0.3 is 0 Å². The Bertz CT molecular complexity index is 564. The zero-order valence-corrected chi connectivity index (χ0v) is 13.7. The van der Waals surface area contributed by atoms with Crippen molar-refractivity contribution >= 4 is 23.4 Å². The van der Waals surface area contributed by atoms with Gasteiger partial charge in [-0.3, -0.25) is 0 Å². The van der Waals surface area contributed by atoms with Gasteiger partial charge in [-0.25, -0.2) is 0 Å². The number of rotatable bonds is 5. The van der Waals surface area contributed by atoms with Crippen LogP contribution in [0.2, 0.25) is 5.02 Å². The standard InChI is InChI=1S/C17H20ClNS/c1-12(2)13-7-9-14(10-8-13)20-17-6-4-5-16(18)15(17)11-19-3/h4-10,12,19H,11H2,1-3H3. The molecule has 0 saturated heterocycles. The van der Waals surface area contributed by atoms with Gasteiger partial charge in [0.05, 0.1) is 0 Å². The number of halogens is 1. The van der Waals surface area contributed by atoms with Gasteiger partial charge in [0, 0.05) is 21.4 Å². The van der Waals surface area contributed by atoms with Gasteiger partial charge in [-0.15, -0.1) is 0 Å².